The van der Waals surface area contributed by atoms with Crippen LogP contribution in [0.4, 0.5) is 29.1 Å². The van der Waals surface area contributed by atoms with Crippen LogP contribution in [0, 0.1) is 23.3 Å². The summed E-state index contributed by atoms with van der Waals surface area (Å²) in [6.45, 7) is 0.00508. The summed E-state index contributed by atoms with van der Waals surface area (Å²) >= 11 is 11.2. The normalized spacial score (nSPS) is 10.9. The number of rotatable bonds is 6. The Morgan fingerprint density at radius 2 is 1.73 bits per heavy atom. The Hall–Kier alpha value is -3.44. The molecule has 0 bridgehead atoms. The van der Waals surface area contributed by atoms with Gasteiger partial charge < -0.3 is 10.6 Å². The summed E-state index contributed by atoms with van der Waals surface area (Å²) in [6, 6.07) is 9.06. The average Bonchev–Trinajstić information content (AvgIpc) is 3.39. The van der Waals surface area contributed by atoms with Gasteiger partial charge in [0, 0.05) is 29.5 Å². The minimum absolute atomic E-state index is 0.158. The lowest BCUT2D eigenvalue weighted by molar-refractivity contribution is 0.431. The van der Waals surface area contributed by atoms with E-state index in [4.69, 9.17) is 23.8 Å². The van der Waals surface area contributed by atoms with Gasteiger partial charge in [-0.25, -0.2) is 17.6 Å². The second kappa shape index (κ2) is 9.59. The Bertz CT molecular complexity index is 1300. The van der Waals surface area contributed by atoms with Gasteiger partial charge in [0.15, 0.2) is 34.2 Å². The van der Waals surface area contributed by atoms with Gasteiger partial charge in [-0.2, -0.15) is 10.2 Å². The molecule has 0 radical (unpaired) electrons. The third-order valence-electron chi connectivity index (χ3n) is 4.53. The summed E-state index contributed by atoms with van der Waals surface area (Å²) < 4.78 is 57.3. The molecule has 2 heterocycles. The van der Waals surface area contributed by atoms with Crippen molar-refractivity contribution < 1.29 is 17.6 Å². The highest BCUT2D eigenvalue weighted by Gasteiger charge is 2.19. The molecule has 0 atom stereocenters. The molecular formula is C21H15ClF4N6S. The molecule has 0 aliphatic carbocycles. The first kappa shape index (κ1) is 22.7. The number of halogens is 5. The van der Waals surface area contributed by atoms with Gasteiger partial charge in [0.2, 0.25) is 0 Å². The van der Waals surface area contributed by atoms with Crippen molar-refractivity contribution in [3.63, 3.8) is 0 Å². The van der Waals surface area contributed by atoms with Crippen LogP contribution < -0.4 is 10.6 Å². The molecule has 6 nitrogen and oxygen atoms in total. The first-order chi connectivity index (χ1) is 15.8. The first-order valence-corrected chi connectivity index (χ1v) is 10.3. The van der Waals surface area contributed by atoms with Crippen LogP contribution in [0.1, 0.15) is 11.1 Å². The Morgan fingerprint density at radius 1 is 0.970 bits per heavy atom. The van der Waals surface area contributed by atoms with Crippen molar-refractivity contribution in [1.82, 2.24) is 19.6 Å². The Labute approximate surface area is 195 Å². The van der Waals surface area contributed by atoms with E-state index in [9.17, 15) is 17.6 Å². The molecule has 0 saturated heterocycles. The number of hydrogen-bond acceptors (Lipinski definition) is 3. The molecule has 4 aromatic rings. The lowest BCUT2D eigenvalue weighted by Crippen LogP contribution is -2.19. The quantitative estimate of drug-likeness (QED) is 0.219. The molecule has 2 N–H and O–H groups in total. The van der Waals surface area contributed by atoms with Crippen LogP contribution in [0.5, 0.6) is 0 Å². The van der Waals surface area contributed by atoms with Crippen molar-refractivity contribution in [1.29, 1.82) is 0 Å². The summed E-state index contributed by atoms with van der Waals surface area (Å²) in [5.41, 5.74) is 0.831. The highest BCUT2D eigenvalue weighted by atomic mass is 35.5. The van der Waals surface area contributed by atoms with Crippen molar-refractivity contribution in [3.05, 3.63) is 94.4 Å². The molecular weight excluding hydrogens is 480 g/mol. The number of nitrogens with zero attached hydrogens (tertiary/aromatic N) is 4. The largest absolute Gasteiger partial charge is 0.330 e. The second-order valence-electron chi connectivity index (χ2n) is 6.98. The fourth-order valence-corrected chi connectivity index (χ4v) is 3.49. The molecule has 0 amide bonds. The first-order valence-electron chi connectivity index (χ1n) is 9.48. The van der Waals surface area contributed by atoms with Crippen molar-refractivity contribution in [2.45, 2.75) is 13.1 Å². The van der Waals surface area contributed by atoms with Gasteiger partial charge >= 0.3 is 0 Å². The van der Waals surface area contributed by atoms with E-state index >= 15 is 0 Å². The molecule has 0 aliphatic heterocycles. The van der Waals surface area contributed by atoms with Gasteiger partial charge in [-0.3, -0.25) is 9.36 Å². The smallest absolute Gasteiger partial charge is 0.176 e. The Morgan fingerprint density at radius 3 is 2.45 bits per heavy atom. The summed E-state index contributed by atoms with van der Waals surface area (Å²) in [4.78, 5) is 0. The number of benzene rings is 2. The standard InChI is InChI=1S/C21H15ClF4N6S/c22-13-3-1-2-12(6-13)9-32-10-14(8-27-32)28-21(33)29-18-4-5-31(30-18)11-15-19(25)16(23)7-17(24)20(15)26/h1-8,10H,9,11H2,(H2,28,29,30,33). The van der Waals surface area contributed by atoms with Gasteiger partial charge in [0.25, 0.3) is 0 Å². The fraction of sp³-hybridized carbons (Fsp3) is 0.0952. The van der Waals surface area contributed by atoms with Gasteiger partial charge in [0.1, 0.15) is 0 Å². The summed E-state index contributed by atoms with van der Waals surface area (Å²) in [5.74, 6) is -5.63. The molecule has 0 fully saturated rings. The van der Waals surface area contributed by atoms with E-state index in [0.29, 0.717) is 17.3 Å². The van der Waals surface area contributed by atoms with Gasteiger partial charge in [-0.05, 0) is 29.9 Å². The number of anilines is 2. The second-order valence-corrected chi connectivity index (χ2v) is 7.83. The van der Waals surface area contributed by atoms with Crippen molar-refractivity contribution in [2.75, 3.05) is 10.6 Å². The van der Waals surface area contributed by atoms with E-state index in [0.717, 1.165) is 10.2 Å². The lowest BCUT2D eigenvalue weighted by Gasteiger charge is -2.08. The SMILES string of the molecule is Fc1cc(F)c(F)c(Cn2ccc(NC(=S)Nc3cnn(Cc4cccc(Cl)c4)c3)n2)c1F. The van der Waals surface area contributed by atoms with Crippen molar-refractivity contribution in [3.8, 4) is 0 Å². The third-order valence-corrected chi connectivity index (χ3v) is 4.97. The van der Waals surface area contributed by atoms with Gasteiger partial charge in [-0.1, -0.05) is 23.7 Å². The zero-order chi connectivity index (χ0) is 23.5. The van der Waals surface area contributed by atoms with Crippen molar-refractivity contribution in [2.24, 2.45) is 0 Å². The lowest BCUT2D eigenvalue weighted by atomic mass is 10.2. The molecule has 170 valence electrons. The van der Waals surface area contributed by atoms with E-state index < -0.39 is 35.4 Å². The molecule has 0 spiro atoms. The predicted molar refractivity (Wildman–Crippen MR) is 120 cm³/mol. The van der Waals surface area contributed by atoms with Crippen LogP contribution in [-0.2, 0) is 13.1 Å². The number of thiocarbonyl (C=S) groups is 1. The van der Waals surface area contributed by atoms with E-state index in [1.54, 1.807) is 23.1 Å². The van der Waals surface area contributed by atoms with E-state index in [2.05, 4.69) is 20.8 Å². The van der Waals surface area contributed by atoms with E-state index in [1.165, 1.54) is 12.3 Å². The van der Waals surface area contributed by atoms with Gasteiger partial charge in [-0.15, -0.1) is 0 Å². The molecule has 0 saturated carbocycles. The van der Waals surface area contributed by atoms with Crippen LogP contribution >= 0.6 is 23.8 Å². The van der Waals surface area contributed by atoms with Gasteiger partial charge in [0.05, 0.1) is 30.5 Å². The average molecular weight is 495 g/mol. The topological polar surface area (TPSA) is 59.7 Å². The molecule has 4 rings (SSSR count). The minimum Gasteiger partial charge on any atom is -0.330 e. The Kier molecular flexibility index (Phi) is 6.61. The molecule has 0 aliphatic rings. The monoisotopic (exact) mass is 494 g/mol. The Balaban J connectivity index is 1.36. The predicted octanol–water partition coefficient (Wildman–Crippen LogP) is 5.19. The zero-order valence-corrected chi connectivity index (χ0v) is 18.3. The highest BCUT2D eigenvalue weighted by Crippen LogP contribution is 2.20. The number of hydrogen-bond donors (Lipinski definition) is 2. The molecule has 2 aromatic carbocycles. The zero-order valence-electron chi connectivity index (χ0n) is 16.7. The maximum absolute atomic E-state index is 13.9. The fourth-order valence-electron chi connectivity index (χ4n) is 3.06. The number of aromatic nitrogens is 4. The maximum Gasteiger partial charge on any atom is 0.176 e. The van der Waals surface area contributed by atoms with Crippen molar-refractivity contribution >= 4 is 40.4 Å². The highest BCUT2D eigenvalue weighted by molar-refractivity contribution is 7.80. The van der Waals surface area contributed by atoms with Crippen LogP contribution in [0.2, 0.25) is 5.02 Å². The summed E-state index contributed by atoms with van der Waals surface area (Å²) in [7, 11) is 0. The molecule has 0 unspecified atom stereocenters. The van der Waals surface area contributed by atoms with Crippen LogP contribution in [0.15, 0.2) is 55.0 Å². The summed E-state index contributed by atoms with van der Waals surface area (Å²) in [6.07, 6.45) is 4.72. The van der Waals surface area contributed by atoms with Crippen LogP contribution in [0.3, 0.4) is 0 Å². The van der Waals surface area contributed by atoms with E-state index in [-0.39, 0.29) is 17.0 Å². The minimum atomic E-state index is -1.48. The molecule has 33 heavy (non-hydrogen) atoms. The maximum atomic E-state index is 13.9. The summed E-state index contributed by atoms with van der Waals surface area (Å²) in [5, 5.41) is 14.9. The molecule has 2 aromatic heterocycles. The number of nitrogens with one attached hydrogen (secondary N) is 2. The third kappa shape index (κ3) is 5.49. The van der Waals surface area contributed by atoms with Crippen LogP contribution in [-0.4, -0.2) is 24.7 Å². The van der Waals surface area contributed by atoms with E-state index in [1.807, 2.05) is 18.2 Å². The van der Waals surface area contributed by atoms with Crippen LogP contribution in [0.25, 0.3) is 0 Å². The molecule has 12 heteroatoms.